The van der Waals surface area contributed by atoms with Gasteiger partial charge in [-0.25, -0.2) is 22.4 Å². The predicted octanol–water partition coefficient (Wildman–Crippen LogP) is 7.34. The normalized spacial score (nSPS) is 19.9. The van der Waals surface area contributed by atoms with Gasteiger partial charge in [-0.15, -0.1) is 11.3 Å². The molecular formula is C49H47FN6O11S2. The summed E-state index contributed by atoms with van der Waals surface area (Å²) < 4.78 is 56.5. The molecule has 4 N–H and O–H groups in total. The van der Waals surface area contributed by atoms with Crippen molar-refractivity contribution < 1.29 is 56.1 Å². The Morgan fingerprint density at radius 3 is 2.51 bits per heavy atom. The van der Waals surface area contributed by atoms with Crippen LogP contribution >= 0.6 is 11.3 Å². The molecule has 0 aliphatic carbocycles. The van der Waals surface area contributed by atoms with Crippen LogP contribution in [0, 0.1) is 5.82 Å². The molecule has 0 spiro atoms. The van der Waals surface area contributed by atoms with Gasteiger partial charge in [-0.3, -0.25) is 24.6 Å². The van der Waals surface area contributed by atoms with Gasteiger partial charge in [-0.2, -0.15) is 9.29 Å². The fraction of sp³-hybridized carbons (Fsp3) is 0.347. The summed E-state index contributed by atoms with van der Waals surface area (Å²) in [6.07, 6.45) is 2.95. The number of aromatic nitrogens is 1. The fourth-order valence-electron chi connectivity index (χ4n) is 10.5. The van der Waals surface area contributed by atoms with Crippen LogP contribution in [-0.4, -0.2) is 101 Å². The van der Waals surface area contributed by atoms with Gasteiger partial charge in [0, 0.05) is 54.3 Å². The number of fused-ring (bicyclic) bond motifs is 1. The zero-order valence-corrected chi connectivity index (χ0v) is 39.1. The van der Waals surface area contributed by atoms with Crippen molar-refractivity contribution in [1.82, 2.24) is 14.6 Å². The number of oxazole rings is 1. The second-order valence-corrected chi connectivity index (χ2v) is 21.5. The molecule has 69 heavy (non-hydrogen) atoms. The third-order valence-corrected chi connectivity index (χ3v) is 16.8. The van der Waals surface area contributed by atoms with E-state index in [2.05, 4.69) is 21.6 Å². The highest BCUT2D eigenvalue weighted by Gasteiger charge is 2.43. The molecule has 10 rings (SSSR count). The number of carbonyl (C=O) groups excluding carboxylic acids is 3. The molecule has 4 aliphatic heterocycles. The van der Waals surface area contributed by atoms with E-state index in [1.54, 1.807) is 48.5 Å². The minimum absolute atomic E-state index is 0.0203. The van der Waals surface area contributed by atoms with Gasteiger partial charge in [0.2, 0.25) is 21.8 Å². The average molecular weight is 979 g/mol. The van der Waals surface area contributed by atoms with Crippen LogP contribution < -0.4 is 25.2 Å². The summed E-state index contributed by atoms with van der Waals surface area (Å²) in [5.74, 6) is -5.52. The number of carboxylic acids is 2. The Morgan fingerprint density at radius 1 is 0.986 bits per heavy atom. The van der Waals surface area contributed by atoms with Crippen LogP contribution in [-0.2, 0) is 30.2 Å². The maximum Gasteiger partial charge on any atom is 0.349 e. The number of piperidine rings is 3. The van der Waals surface area contributed by atoms with E-state index in [-0.39, 0.29) is 53.8 Å². The van der Waals surface area contributed by atoms with Gasteiger partial charge in [0.25, 0.3) is 11.9 Å². The van der Waals surface area contributed by atoms with E-state index in [9.17, 15) is 37.5 Å². The molecule has 3 fully saturated rings. The van der Waals surface area contributed by atoms with E-state index < -0.39 is 62.5 Å². The van der Waals surface area contributed by atoms with Crippen molar-refractivity contribution in [3.05, 3.63) is 100 Å². The molecule has 6 heterocycles. The number of carboxylic acid groups (broad SMARTS) is 2. The van der Waals surface area contributed by atoms with Crippen molar-refractivity contribution in [2.45, 2.75) is 81.7 Å². The lowest BCUT2D eigenvalue weighted by molar-refractivity contribution is -0.139. The number of hydrogen-bond donors (Lipinski definition) is 4. The molecule has 358 valence electrons. The zero-order valence-electron chi connectivity index (χ0n) is 37.5. The predicted molar refractivity (Wildman–Crippen MR) is 255 cm³/mol. The number of sulfonamides is 1. The van der Waals surface area contributed by atoms with Crippen molar-refractivity contribution >= 4 is 90.3 Å². The first-order chi connectivity index (χ1) is 33.0. The number of nitrogens with zero attached hydrogens (tertiary/aromatic N) is 4. The van der Waals surface area contributed by atoms with Gasteiger partial charge >= 0.3 is 11.9 Å². The number of ether oxygens (including phenoxy) is 1. The fourth-order valence-corrected chi connectivity index (χ4v) is 13.4. The van der Waals surface area contributed by atoms with Crippen molar-refractivity contribution in [2.24, 2.45) is 0 Å². The minimum Gasteiger partial charge on any atom is -0.479 e. The van der Waals surface area contributed by atoms with Crippen LogP contribution in [0.25, 0.3) is 32.3 Å². The monoisotopic (exact) mass is 978 g/mol. The number of halogens is 1. The van der Waals surface area contributed by atoms with E-state index in [4.69, 9.17) is 19.2 Å². The Balaban J connectivity index is 0.778. The van der Waals surface area contributed by atoms with Gasteiger partial charge in [0.15, 0.2) is 28.6 Å². The highest BCUT2D eigenvalue weighted by Crippen LogP contribution is 2.45. The standard InChI is InChI=1S/C49H47FN6O11S2/c1-49(2)23-30(51-29-6-3-5-28(22-29)43-41(50)42(66-24-39(58)59)44(68-43)47(62)63)17-20-55(49)69(64,65)25-26-9-11-34-37(21-26)67-48(52-34)54-18-15-27(16-19-54)31-10-12-35-40-32(31)7-4-8-33(40)46(61)56(35)36-13-14-38(57)53-45(36)60/h3-12,21-22,27,30,36,51H,13-20,23-25H2,1-2H3,(H,58,59)(H,62,63)(H,53,57,60). The van der Waals surface area contributed by atoms with Crippen LogP contribution in [0.15, 0.2) is 77.2 Å². The summed E-state index contributed by atoms with van der Waals surface area (Å²) >= 11 is 0.643. The van der Waals surface area contributed by atoms with Crippen molar-refractivity contribution in [3.8, 4) is 16.2 Å². The number of aromatic carboxylic acids is 1. The number of anilines is 3. The zero-order chi connectivity index (χ0) is 48.5. The lowest BCUT2D eigenvalue weighted by Gasteiger charge is -2.45. The van der Waals surface area contributed by atoms with E-state index in [0.717, 1.165) is 29.2 Å². The number of hydrogen-bond acceptors (Lipinski definition) is 13. The maximum atomic E-state index is 15.4. The van der Waals surface area contributed by atoms with Crippen LogP contribution in [0.5, 0.6) is 5.75 Å². The molecule has 3 saturated heterocycles. The van der Waals surface area contributed by atoms with E-state index in [1.165, 1.54) is 9.21 Å². The SMILES string of the molecule is CC1(C)CC(Nc2cccc(-c3sc(C(=O)O)c(OCC(=O)O)c3F)c2)CCN1S(=O)(=O)Cc1ccc2nc(N3CCC(c4ccc5c6c(cccc46)C(=O)N5C4CCC(=O)NC4=O)CC3)oc2c1. The first-order valence-electron chi connectivity index (χ1n) is 22.6. The number of aliphatic carboxylic acids is 1. The quantitative estimate of drug-likeness (QED) is 0.0831. The molecule has 0 bridgehead atoms. The summed E-state index contributed by atoms with van der Waals surface area (Å²) in [5, 5.41) is 26.2. The molecule has 20 heteroatoms. The van der Waals surface area contributed by atoms with Gasteiger partial charge in [-0.05, 0) is 110 Å². The number of rotatable bonds is 13. The summed E-state index contributed by atoms with van der Waals surface area (Å²) in [4.78, 5) is 69.1. The molecular weight excluding hydrogens is 932 g/mol. The third kappa shape index (κ3) is 8.54. The maximum absolute atomic E-state index is 15.4. The molecule has 0 saturated carbocycles. The summed E-state index contributed by atoms with van der Waals surface area (Å²) in [6.45, 7) is 4.40. The van der Waals surface area contributed by atoms with Gasteiger partial charge < -0.3 is 29.6 Å². The van der Waals surface area contributed by atoms with Crippen LogP contribution in [0.2, 0.25) is 0 Å². The van der Waals surface area contributed by atoms with Crippen LogP contribution in [0.3, 0.4) is 0 Å². The lowest BCUT2D eigenvalue weighted by atomic mass is 9.85. The third-order valence-electron chi connectivity index (χ3n) is 13.6. The molecule has 2 aromatic heterocycles. The molecule has 6 aromatic rings. The Labute approximate surface area is 398 Å². The molecule has 2 atom stereocenters. The highest BCUT2D eigenvalue weighted by atomic mass is 32.2. The number of thiophene rings is 1. The first kappa shape index (κ1) is 45.9. The number of carbonyl (C=O) groups is 5. The summed E-state index contributed by atoms with van der Waals surface area (Å²) in [6, 6.07) is 21.2. The first-order valence-corrected chi connectivity index (χ1v) is 25.0. The van der Waals surface area contributed by atoms with Gasteiger partial charge in [0.05, 0.1) is 16.3 Å². The van der Waals surface area contributed by atoms with Crippen molar-refractivity contribution in [1.29, 1.82) is 0 Å². The Morgan fingerprint density at radius 2 is 1.77 bits per heavy atom. The number of nitrogens with one attached hydrogen (secondary N) is 2. The minimum atomic E-state index is -3.81. The average Bonchev–Trinajstić information content (AvgIpc) is 3.97. The number of imide groups is 1. The van der Waals surface area contributed by atoms with Gasteiger partial charge in [-0.1, -0.05) is 36.4 Å². The van der Waals surface area contributed by atoms with Crippen LogP contribution in [0.4, 0.5) is 21.8 Å². The van der Waals surface area contributed by atoms with Crippen molar-refractivity contribution in [2.75, 3.05) is 41.4 Å². The summed E-state index contributed by atoms with van der Waals surface area (Å²) in [5.41, 5.74) is 4.20. The Kier molecular flexibility index (Phi) is 11.7. The van der Waals surface area contributed by atoms with E-state index in [1.807, 2.05) is 32.0 Å². The lowest BCUT2D eigenvalue weighted by Crippen LogP contribution is -2.55. The molecule has 4 aliphatic rings. The van der Waals surface area contributed by atoms with Crippen molar-refractivity contribution in [3.63, 3.8) is 0 Å². The Bertz CT molecular complexity index is 3230. The van der Waals surface area contributed by atoms with E-state index in [0.29, 0.717) is 82.4 Å². The molecule has 4 aromatic carbocycles. The highest BCUT2D eigenvalue weighted by molar-refractivity contribution is 7.88. The second-order valence-electron chi connectivity index (χ2n) is 18.6. The topological polar surface area (TPSA) is 229 Å². The molecule has 2 unspecified atom stereocenters. The molecule has 3 amide bonds. The Hall–Kier alpha value is -6.90. The number of amides is 3. The molecule has 0 radical (unpaired) electrons. The van der Waals surface area contributed by atoms with Gasteiger partial charge in [0.1, 0.15) is 11.6 Å². The number of benzene rings is 4. The largest absolute Gasteiger partial charge is 0.479 e. The van der Waals surface area contributed by atoms with Crippen LogP contribution in [0.1, 0.15) is 89.4 Å². The second kappa shape index (κ2) is 17.6. The molecule has 17 nitrogen and oxygen atoms in total. The van der Waals surface area contributed by atoms with E-state index >= 15 is 4.39 Å². The smallest absolute Gasteiger partial charge is 0.349 e. The summed E-state index contributed by atoms with van der Waals surface area (Å²) in [7, 11) is -3.81.